The standard InChI is InChI=1S/C4H7F2O/c1-4(2,7)3(5)6/h3,7H,1H2,2H3. The third kappa shape index (κ3) is 2.51. The van der Waals surface area contributed by atoms with Crippen LogP contribution in [0.25, 0.3) is 0 Å². The third-order valence-corrected chi connectivity index (χ3v) is 0.470. The van der Waals surface area contributed by atoms with Crippen molar-refractivity contribution in [3.63, 3.8) is 0 Å². The highest BCUT2D eigenvalue weighted by Gasteiger charge is 2.25. The van der Waals surface area contributed by atoms with Gasteiger partial charge in [0.15, 0.2) is 0 Å². The second-order valence-electron chi connectivity index (χ2n) is 1.66. The number of hydrogen-bond acceptors (Lipinski definition) is 1. The molecule has 0 amide bonds. The van der Waals surface area contributed by atoms with E-state index in [-0.39, 0.29) is 0 Å². The van der Waals surface area contributed by atoms with E-state index >= 15 is 0 Å². The highest BCUT2D eigenvalue weighted by molar-refractivity contribution is 4.76. The SMILES string of the molecule is [CH2]C(C)(O)C(F)F. The summed E-state index contributed by atoms with van der Waals surface area (Å²) < 4.78 is 22.5. The van der Waals surface area contributed by atoms with Crippen LogP contribution in [0.15, 0.2) is 0 Å². The highest BCUT2D eigenvalue weighted by Crippen LogP contribution is 2.11. The first-order valence-corrected chi connectivity index (χ1v) is 1.80. The Morgan fingerprint density at radius 1 is 1.71 bits per heavy atom. The quantitative estimate of drug-likeness (QED) is 0.529. The molecule has 0 aliphatic rings. The number of alkyl halides is 2. The molecule has 0 aromatic carbocycles. The molecule has 0 saturated carbocycles. The van der Waals surface area contributed by atoms with Gasteiger partial charge in [0.2, 0.25) is 0 Å². The fourth-order valence-electron chi connectivity index (χ4n) is 0. The Kier molecular flexibility index (Phi) is 1.69. The molecule has 0 spiro atoms. The molecular weight excluding hydrogens is 102 g/mol. The summed E-state index contributed by atoms with van der Waals surface area (Å²) in [7, 11) is 0. The molecule has 0 fully saturated rings. The van der Waals surface area contributed by atoms with Crippen molar-refractivity contribution in [3.05, 3.63) is 6.92 Å². The van der Waals surface area contributed by atoms with Crippen LogP contribution in [0.1, 0.15) is 6.92 Å². The van der Waals surface area contributed by atoms with Crippen LogP contribution in [-0.4, -0.2) is 17.1 Å². The van der Waals surface area contributed by atoms with Crippen molar-refractivity contribution >= 4 is 0 Å². The lowest BCUT2D eigenvalue weighted by molar-refractivity contribution is -0.0508. The lowest BCUT2D eigenvalue weighted by atomic mass is 10.2. The van der Waals surface area contributed by atoms with E-state index in [2.05, 4.69) is 6.92 Å². The summed E-state index contributed by atoms with van der Waals surface area (Å²) in [4.78, 5) is 0. The van der Waals surface area contributed by atoms with E-state index in [1.54, 1.807) is 0 Å². The van der Waals surface area contributed by atoms with Crippen LogP contribution >= 0.6 is 0 Å². The van der Waals surface area contributed by atoms with Gasteiger partial charge in [-0.3, -0.25) is 0 Å². The van der Waals surface area contributed by atoms with Crippen molar-refractivity contribution in [3.8, 4) is 0 Å². The number of halogens is 2. The van der Waals surface area contributed by atoms with Crippen LogP contribution in [0.5, 0.6) is 0 Å². The molecule has 3 heteroatoms. The van der Waals surface area contributed by atoms with Gasteiger partial charge < -0.3 is 5.11 Å². The van der Waals surface area contributed by atoms with Gasteiger partial charge in [-0.2, -0.15) is 0 Å². The van der Waals surface area contributed by atoms with E-state index in [1.807, 2.05) is 0 Å². The van der Waals surface area contributed by atoms with E-state index in [1.165, 1.54) is 0 Å². The first-order chi connectivity index (χ1) is 2.94. The second-order valence-corrected chi connectivity index (χ2v) is 1.66. The molecule has 0 bridgehead atoms. The minimum Gasteiger partial charge on any atom is -0.384 e. The molecule has 0 aromatic heterocycles. The van der Waals surface area contributed by atoms with Crippen molar-refractivity contribution in [2.75, 3.05) is 0 Å². The number of aliphatic hydroxyl groups is 1. The topological polar surface area (TPSA) is 20.2 Å². The lowest BCUT2D eigenvalue weighted by Gasteiger charge is -2.13. The molecule has 0 heterocycles. The second kappa shape index (κ2) is 1.74. The minimum absolute atomic E-state index is 0.956. The van der Waals surface area contributed by atoms with Gasteiger partial charge in [0.25, 0.3) is 6.43 Å². The number of hydrogen-bond donors (Lipinski definition) is 1. The predicted octanol–water partition coefficient (Wildman–Crippen LogP) is 0.837. The fourth-order valence-corrected chi connectivity index (χ4v) is 0. The van der Waals surface area contributed by atoms with Crippen molar-refractivity contribution in [2.24, 2.45) is 0 Å². The zero-order valence-electron chi connectivity index (χ0n) is 3.99. The summed E-state index contributed by atoms with van der Waals surface area (Å²) >= 11 is 0. The summed E-state index contributed by atoms with van der Waals surface area (Å²) in [6.45, 7) is 3.73. The minimum atomic E-state index is -2.76. The Hall–Kier alpha value is -0.180. The van der Waals surface area contributed by atoms with Crippen molar-refractivity contribution in [1.82, 2.24) is 0 Å². The highest BCUT2D eigenvalue weighted by atomic mass is 19.3. The zero-order chi connectivity index (χ0) is 6.08. The van der Waals surface area contributed by atoms with Gasteiger partial charge in [-0.05, 0) is 13.8 Å². The number of rotatable bonds is 1. The van der Waals surface area contributed by atoms with Crippen molar-refractivity contribution < 1.29 is 13.9 Å². The molecular formula is C4H7F2O. The van der Waals surface area contributed by atoms with Crippen molar-refractivity contribution in [1.29, 1.82) is 0 Å². The summed E-state index contributed by atoms with van der Waals surface area (Å²) in [6, 6.07) is 0. The molecule has 1 nitrogen and oxygen atoms in total. The van der Waals surface area contributed by atoms with Crippen LogP contribution in [0, 0.1) is 6.92 Å². The van der Waals surface area contributed by atoms with Gasteiger partial charge in [0.1, 0.15) is 5.60 Å². The lowest BCUT2D eigenvalue weighted by Crippen LogP contribution is -2.28. The Morgan fingerprint density at radius 3 is 1.86 bits per heavy atom. The largest absolute Gasteiger partial charge is 0.384 e. The van der Waals surface area contributed by atoms with E-state index in [4.69, 9.17) is 5.11 Å². The molecule has 0 aliphatic carbocycles. The van der Waals surface area contributed by atoms with Crippen LogP contribution in [0.4, 0.5) is 8.78 Å². The molecule has 1 atom stereocenters. The maximum atomic E-state index is 11.2. The average molecular weight is 109 g/mol. The van der Waals surface area contributed by atoms with Gasteiger partial charge in [-0.15, -0.1) is 0 Å². The monoisotopic (exact) mass is 109 g/mol. The van der Waals surface area contributed by atoms with Crippen LogP contribution in [0.3, 0.4) is 0 Å². The molecule has 1 N–H and O–H groups in total. The molecule has 1 radical (unpaired) electrons. The summed E-state index contributed by atoms with van der Waals surface area (Å²) in [6.07, 6.45) is -2.76. The Morgan fingerprint density at radius 2 is 1.86 bits per heavy atom. The first kappa shape index (κ1) is 6.82. The van der Waals surface area contributed by atoms with E-state index in [9.17, 15) is 8.78 Å². The molecule has 0 saturated heterocycles. The molecule has 0 rings (SSSR count). The van der Waals surface area contributed by atoms with Gasteiger partial charge in [-0.1, -0.05) is 0 Å². The summed E-state index contributed by atoms with van der Waals surface area (Å²) in [5, 5.41) is 8.23. The van der Waals surface area contributed by atoms with Crippen LogP contribution in [0.2, 0.25) is 0 Å². The smallest absolute Gasteiger partial charge is 0.266 e. The summed E-state index contributed by atoms with van der Waals surface area (Å²) in [5.74, 6) is 0. The molecule has 0 aromatic rings. The molecule has 43 valence electrons. The van der Waals surface area contributed by atoms with E-state index < -0.39 is 12.0 Å². The average Bonchev–Trinajstić information content (AvgIpc) is 1.31. The van der Waals surface area contributed by atoms with Crippen LogP contribution in [-0.2, 0) is 0 Å². The molecule has 7 heavy (non-hydrogen) atoms. The van der Waals surface area contributed by atoms with E-state index in [0.717, 1.165) is 6.92 Å². The molecule has 0 aliphatic heterocycles. The third-order valence-electron chi connectivity index (χ3n) is 0.470. The Bertz CT molecular complexity index is 55.2. The van der Waals surface area contributed by atoms with E-state index in [0.29, 0.717) is 0 Å². The predicted molar refractivity (Wildman–Crippen MR) is 22.0 cm³/mol. The maximum Gasteiger partial charge on any atom is 0.266 e. The Balaban J connectivity index is 3.54. The first-order valence-electron chi connectivity index (χ1n) is 1.80. The normalized spacial score (nSPS) is 12.9. The zero-order valence-corrected chi connectivity index (χ0v) is 3.99. The van der Waals surface area contributed by atoms with Gasteiger partial charge in [0, 0.05) is 0 Å². The van der Waals surface area contributed by atoms with Gasteiger partial charge in [-0.25, -0.2) is 8.78 Å². The Labute approximate surface area is 41.0 Å². The molecule has 1 unspecified atom stereocenters. The van der Waals surface area contributed by atoms with Crippen LogP contribution < -0.4 is 0 Å². The van der Waals surface area contributed by atoms with Gasteiger partial charge in [0.05, 0.1) is 0 Å². The summed E-state index contributed by atoms with van der Waals surface area (Å²) in [5.41, 5.74) is -2.08. The fraction of sp³-hybridized carbons (Fsp3) is 0.750. The van der Waals surface area contributed by atoms with Crippen molar-refractivity contribution in [2.45, 2.75) is 19.0 Å². The maximum absolute atomic E-state index is 11.2. The van der Waals surface area contributed by atoms with Gasteiger partial charge >= 0.3 is 0 Å².